The van der Waals surface area contributed by atoms with Crippen molar-refractivity contribution in [2.24, 2.45) is 5.92 Å². The molecule has 23 heavy (non-hydrogen) atoms. The first-order valence-corrected chi connectivity index (χ1v) is 9.69. The van der Waals surface area contributed by atoms with E-state index in [1.165, 1.54) is 22.0 Å². The number of amides is 1. The van der Waals surface area contributed by atoms with Crippen LogP contribution in [-0.2, 0) is 17.8 Å². The fourth-order valence-corrected chi connectivity index (χ4v) is 4.79. The second-order valence-corrected chi connectivity index (χ2v) is 8.30. The van der Waals surface area contributed by atoms with Gasteiger partial charge in [-0.3, -0.25) is 4.79 Å². The van der Waals surface area contributed by atoms with Crippen molar-refractivity contribution in [3.63, 3.8) is 0 Å². The zero-order chi connectivity index (χ0) is 16.0. The van der Waals surface area contributed by atoms with E-state index in [4.69, 9.17) is 0 Å². The summed E-state index contributed by atoms with van der Waals surface area (Å²) in [5.41, 5.74) is 1.33. The molecule has 0 unspecified atom stereocenters. The van der Waals surface area contributed by atoms with Gasteiger partial charge in [0, 0.05) is 48.5 Å². The Morgan fingerprint density at radius 2 is 2.22 bits per heavy atom. The molecule has 4 rings (SSSR count). The van der Waals surface area contributed by atoms with Crippen LogP contribution in [0, 0.1) is 5.92 Å². The van der Waals surface area contributed by atoms with E-state index in [0.29, 0.717) is 11.8 Å². The topological polar surface area (TPSA) is 49.3 Å². The monoisotopic (exact) mass is 348 g/mol. The number of rotatable bonds is 3. The fourth-order valence-electron chi connectivity index (χ4n) is 3.08. The maximum atomic E-state index is 12.7. The van der Waals surface area contributed by atoms with Crippen LogP contribution in [0.1, 0.15) is 36.0 Å². The molecule has 0 N–H and O–H groups in total. The minimum Gasteiger partial charge on any atom is -0.345 e. The van der Waals surface area contributed by atoms with Crippen LogP contribution in [0.5, 0.6) is 0 Å². The molecule has 1 amide bonds. The third-order valence-corrected chi connectivity index (χ3v) is 6.38. The first-order valence-electron chi connectivity index (χ1n) is 8.04. The molecule has 122 valence electrons. The quantitative estimate of drug-likeness (QED) is 0.856. The zero-order valence-corrected chi connectivity index (χ0v) is 15.0. The van der Waals surface area contributed by atoms with Gasteiger partial charge in [0.25, 0.3) is 0 Å². The number of fused-ring (bicyclic) bond motifs is 1. The lowest BCUT2D eigenvalue weighted by Crippen LogP contribution is -2.55. The Balaban J connectivity index is 1.35. The third kappa shape index (κ3) is 2.76. The van der Waals surface area contributed by atoms with Crippen LogP contribution in [0.3, 0.4) is 0 Å². The van der Waals surface area contributed by atoms with Gasteiger partial charge in [-0.2, -0.15) is 4.37 Å². The largest absolute Gasteiger partial charge is 0.345 e. The molecule has 2 aromatic rings. The first kappa shape index (κ1) is 15.1. The van der Waals surface area contributed by atoms with E-state index in [2.05, 4.69) is 39.6 Å². The Kier molecular flexibility index (Phi) is 3.85. The fraction of sp³-hybridized carbons (Fsp3) is 0.562. The SMILES string of the molecule is CC(C)c1nsc(N2CC(C(=O)N3CCc4sccc4C3)C2)n1. The highest BCUT2D eigenvalue weighted by Crippen LogP contribution is 2.31. The van der Waals surface area contributed by atoms with Gasteiger partial charge in [0.05, 0.1) is 5.92 Å². The summed E-state index contributed by atoms with van der Waals surface area (Å²) < 4.78 is 4.39. The van der Waals surface area contributed by atoms with E-state index >= 15 is 0 Å². The van der Waals surface area contributed by atoms with Crippen LogP contribution in [-0.4, -0.2) is 39.8 Å². The molecule has 5 nitrogen and oxygen atoms in total. The van der Waals surface area contributed by atoms with Crippen molar-refractivity contribution in [2.75, 3.05) is 24.5 Å². The number of carbonyl (C=O) groups excluding carboxylic acids is 1. The highest BCUT2D eigenvalue weighted by molar-refractivity contribution is 7.10. The summed E-state index contributed by atoms with van der Waals surface area (Å²) in [6, 6.07) is 2.15. The number of carbonyl (C=O) groups is 1. The molecule has 2 aliphatic rings. The van der Waals surface area contributed by atoms with Gasteiger partial charge < -0.3 is 9.80 Å². The van der Waals surface area contributed by atoms with Crippen molar-refractivity contribution in [2.45, 2.75) is 32.7 Å². The average molecular weight is 348 g/mol. The molecule has 0 radical (unpaired) electrons. The lowest BCUT2D eigenvalue weighted by Gasteiger charge is -2.41. The van der Waals surface area contributed by atoms with Crippen molar-refractivity contribution in [1.29, 1.82) is 0 Å². The summed E-state index contributed by atoms with van der Waals surface area (Å²) in [4.78, 5) is 22.9. The predicted octanol–water partition coefficient (Wildman–Crippen LogP) is 2.74. The molecule has 0 saturated carbocycles. The summed E-state index contributed by atoms with van der Waals surface area (Å²) in [6.45, 7) is 7.40. The number of hydrogen-bond acceptors (Lipinski definition) is 6. The molecule has 0 bridgehead atoms. The van der Waals surface area contributed by atoms with E-state index in [1.807, 2.05) is 16.2 Å². The van der Waals surface area contributed by atoms with Crippen LogP contribution in [0.2, 0.25) is 0 Å². The van der Waals surface area contributed by atoms with Crippen molar-refractivity contribution >= 4 is 33.9 Å². The zero-order valence-electron chi connectivity index (χ0n) is 13.4. The molecule has 2 aliphatic heterocycles. The maximum Gasteiger partial charge on any atom is 0.229 e. The van der Waals surface area contributed by atoms with E-state index in [0.717, 1.165) is 43.6 Å². The van der Waals surface area contributed by atoms with Crippen molar-refractivity contribution in [3.05, 3.63) is 27.7 Å². The predicted molar refractivity (Wildman–Crippen MR) is 93.1 cm³/mol. The molecule has 0 spiro atoms. The molecule has 0 atom stereocenters. The van der Waals surface area contributed by atoms with Crippen molar-refractivity contribution in [1.82, 2.24) is 14.3 Å². The van der Waals surface area contributed by atoms with Gasteiger partial charge in [-0.15, -0.1) is 11.3 Å². The Morgan fingerprint density at radius 3 is 2.96 bits per heavy atom. The maximum absolute atomic E-state index is 12.7. The molecule has 0 aliphatic carbocycles. The van der Waals surface area contributed by atoms with Crippen LogP contribution in [0.4, 0.5) is 5.13 Å². The molecule has 1 fully saturated rings. The molecule has 7 heteroatoms. The summed E-state index contributed by atoms with van der Waals surface area (Å²) in [5.74, 6) is 1.67. The first-order chi connectivity index (χ1) is 11.1. The standard InChI is InChI=1S/C16H20N4OS2/c1-10(2)14-17-16(23-18-14)20-8-12(9-20)15(21)19-5-3-13-11(7-19)4-6-22-13/h4,6,10,12H,3,5,7-9H2,1-2H3. The second kappa shape index (κ2) is 5.87. The number of thiophene rings is 1. The van der Waals surface area contributed by atoms with Gasteiger partial charge in [-0.1, -0.05) is 13.8 Å². The van der Waals surface area contributed by atoms with Crippen LogP contribution < -0.4 is 4.90 Å². The van der Waals surface area contributed by atoms with Crippen molar-refractivity contribution < 1.29 is 4.79 Å². The lowest BCUT2D eigenvalue weighted by atomic mass is 9.97. The normalized spacial score (nSPS) is 18.2. The minimum absolute atomic E-state index is 0.113. The molecule has 2 aromatic heterocycles. The Morgan fingerprint density at radius 1 is 1.39 bits per heavy atom. The Bertz CT molecular complexity index is 717. The average Bonchev–Trinajstić information content (AvgIpc) is 3.13. The Labute approximate surface area is 144 Å². The smallest absolute Gasteiger partial charge is 0.229 e. The summed E-state index contributed by atoms with van der Waals surface area (Å²) in [6.07, 6.45) is 1.00. The van der Waals surface area contributed by atoms with Gasteiger partial charge >= 0.3 is 0 Å². The summed E-state index contributed by atoms with van der Waals surface area (Å²) >= 11 is 3.25. The van der Waals surface area contributed by atoms with Crippen LogP contribution in [0.25, 0.3) is 0 Å². The molecular weight excluding hydrogens is 328 g/mol. The van der Waals surface area contributed by atoms with Crippen LogP contribution in [0.15, 0.2) is 11.4 Å². The number of nitrogens with zero attached hydrogens (tertiary/aromatic N) is 4. The minimum atomic E-state index is 0.113. The van der Waals surface area contributed by atoms with Gasteiger partial charge in [0.1, 0.15) is 5.82 Å². The van der Waals surface area contributed by atoms with Gasteiger partial charge in [0.2, 0.25) is 11.0 Å². The highest BCUT2D eigenvalue weighted by atomic mass is 32.1. The van der Waals surface area contributed by atoms with Gasteiger partial charge in [-0.25, -0.2) is 4.98 Å². The lowest BCUT2D eigenvalue weighted by molar-refractivity contribution is -0.137. The van der Waals surface area contributed by atoms with Crippen LogP contribution >= 0.6 is 22.9 Å². The molecule has 0 aromatic carbocycles. The van der Waals surface area contributed by atoms with Crippen molar-refractivity contribution in [3.8, 4) is 0 Å². The Hall–Kier alpha value is -1.47. The second-order valence-electron chi connectivity index (χ2n) is 6.57. The highest BCUT2D eigenvalue weighted by Gasteiger charge is 2.37. The molecule has 4 heterocycles. The number of aromatic nitrogens is 2. The number of anilines is 1. The third-order valence-electron chi connectivity index (χ3n) is 4.57. The van der Waals surface area contributed by atoms with E-state index in [9.17, 15) is 4.79 Å². The molecule has 1 saturated heterocycles. The number of hydrogen-bond donors (Lipinski definition) is 0. The van der Waals surface area contributed by atoms with E-state index in [1.54, 1.807) is 0 Å². The summed E-state index contributed by atoms with van der Waals surface area (Å²) in [5, 5.41) is 3.09. The van der Waals surface area contributed by atoms with Gasteiger partial charge in [-0.05, 0) is 23.4 Å². The van der Waals surface area contributed by atoms with Gasteiger partial charge in [0.15, 0.2) is 0 Å². The molecular formula is C16H20N4OS2. The summed E-state index contributed by atoms with van der Waals surface area (Å²) in [7, 11) is 0. The van der Waals surface area contributed by atoms with E-state index < -0.39 is 0 Å². The van der Waals surface area contributed by atoms with E-state index in [-0.39, 0.29) is 5.92 Å².